The van der Waals surface area contributed by atoms with Gasteiger partial charge in [0.05, 0.1) is 5.75 Å². The average Bonchev–Trinajstić information content (AvgIpc) is 3.06. The standard InChI is InChI=1S/C22H25N5O2S/c1-14(28)16-6-5-7-18(12-16)24-19(29)13-30-21-26-25-20(27(21)23)15-8-10-17(11-9-15)22(2,3)4/h5-12H,13,23H2,1-4H3,(H,24,29). The van der Waals surface area contributed by atoms with Crippen molar-refractivity contribution in [1.29, 1.82) is 0 Å². The molecular weight excluding hydrogens is 398 g/mol. The van der Waals surface area contributed by atoms with Crippen molar-refractivity contribution in [2.45, 2.75) is 38.3 Å². The second-order valence-corrected chi connectivity index (χ2v) is 8.92. The third-order valence-electron chi connectivity index (χ3n) is 4.56. The summed E-state index contributed by atoms with van der Waals surface area (Å²) < 4.78 is 1.39. The predicted molar refractivity (Wildman–Crippen MR) is 120 cm³/mol. The summed E-state index contributed by atoms with van der Waals surface area (Å²) in [6, 6.07) is 14.9. The number of nitrogens with two attached hydrogens (primary N) is 1. The summed E-state index contributed by atoms with van der Waals surface area (Å²) >= 11 is 1.19. The van der Waals surface area contributed by atoms with Crippen LogP contribution >= 0.6 is 11.8 Å². The molecule has 3 N–H and O–H groups in total. The largest absolute Gasteiger partial charge is 0.335 e. The Balaban J connectivity index is 1.64. The molecule has 8 heteroatoms. The minimum absolute atomic E-state index is 0.0558. The number of benzene rings is 2. The Morgan fingerprint density at radius 1 is 1.10 bits per heavy atom. The molecule has 0 atom stereocenters. The van der Waals surface area contributed by atoms with E-state index in [9.17, 15) is 9.59 Å². The van der Waals surface area contributed by atoms with Crippen molar-refractivity contribution in [2.24, 2.45) is 0 Å². The maximum absolute atomic E-state index is 12.3. The Hall–Kier alpha value is -3.13. The molecule has 1 amide bonds. The van der Waals surface area contributed by atoms with Gasteiger partial charge < -0.3 is 11.2 Å². The van der Waals surface area contributed by atoms with Crippen LogP contribution in [-0.2, 0) is 10.2 Å². The first-order chi connectivity index (χ1) is 14.1. The van der Waals surface area contributed by atoms with E-state index in [4.69, 9.17) is 5.84 Å². The van der Waals surface area contributed by atoms with E-state index in [1.54, 1.807) is 24.3 Å². The van der Waals surface area contributed by atoms with Crippen molar-refractivity contribution in [3.8, 4) is 11.4 Å². The van der Waals surface area contributed by atoms with Gasteiger partial charge in [-0.25, -0.2) is 4.68 Å². The lowest BCUT2D eigenvalue weighted by Gasteiger charge is -2.19. The molecule has 3 aromatic rings. The van der Waals surface area contributed by atoms with Gasteiger partial charge >= 0.3 is 0 Å². The molecule has 1 heterocycles. The van der Waals surface area contributed by atoms with Crippen LogP contribution < -0.4 is 11.2 Å². The Morgan fingerprint density at radius 3 is 2.43 bits per heavy atom. The number of ketones is 1. The van der Waals surface area contributed by atoms with Crippen LogP contribution in [0.4, 0.5) is 5.69 Å². The number of carbonyl (C=O) groups excluding carboxylic acids is 2. The van der Waals surface area contributed by atoms with Gasteiger partial charge in [-0.1, -0.05) is 68.9 Å². The van der Waals surface area contributed by atoms with Crippen molar-refractivity contribution in [3.63, 3.8) is 0 Å². The molecule has 2 aromatic carbocycles. The summed E-state index contributed by atoms with van der Waals surface area (Å²) in [5.41, 5.74) is 3.25. The van der Waals surface area contributed by atoms with E-state index in [1.165, 1.54) is 28.9 Å². The molecule has 7 nitrogen and oxygen atoms in total. The van der Waals surface area contributed by atoms with Crippen molar-refractivity contribution in [3.05, 3.63) is 59.7 Å². The van der Waals surface area contributed by atoms with Gasteiger partial charge in [-0.2, -0.15) is 0 Å². The molecule has 30 heavy (non-hydrogen) atoms. The number of aromatic nitrogens is 3. The average molecular weight is 424 g/mol. The fraction of sp³-hybridized carbons (Fsp3) is 0.273. The van der Waals surface area contributed by atoms with Crippen molar-refractivity contribution in [1.82, 2.24) is 14.9 Å². The molecule has 0 unspecified atom stereocenters. The summed E-state index contributed by atoms with van der Waals surface area (Å²) in [6.45, 7) is 7.95. The number of thioether (sulfide) groups is 1. The van der Waals surface area contributed by atoms with Gasteiger partial charge in [-0.05, 0) is 30.0 Å². The third-order valence-corrected chi connectivity index (χ3v) is 5.50. The van der Waals surface area contributed by atoms with Crippen LogP contribution in [0.15, 0.2) is 53.7 Å². The summed E-state index contributed by atoms with van der Waals surface area (Å²) in [5.74, 6) is 6.52. The van der Waals surface area contributed by atoms with Crippen LogP contribution in [0.2, 0.25) is 0 Å². The quantitative estimate of drug-likeness (QED) is 0.354. The summed E-state index contributed by atoms with van der Waals surface area (Å²) in [6.07, 6.45) is 0. The van der Waals surface area contributed by atoms with Gasteiger partial charge in [0.15, 0.2) is 11.6 Å². The lowest BCUT2D eigenvalue weighted by molar-refractivity contribution is -0.113. The molecule has 3 rings (SSSR count). The number of rotatable bonds is 6. The number of hydrogen-bond donors (Lipinski definition) is 2. The molecule has 0 bridgehead atoms. The topological polar surface area (TPSA) is 103 Å². The van der Waals surface area contributed by atoms with E-state index in [1.807, 2.05) is 12.1 Å². The highest BCUT2D eigenvalue weighted by molar-refractivity contribution is 7.99. The van der Waals surface area contributed by atoms with E-state index in [0.717, 1.165) is 5.56 Å². The third kappa shape index (κ3) is 5.07. The summed E-state index contributed by atoms with van der Waals surface area (Å²) in [5, 5.41) is 11.5. The maximum Gasteiger partial charge on any atom is 0.234 e. The van der Waals surface area contributed by atoms with E-state index >= 15 is 0 Å². The molecule has 0 aliphatic rings. The summed E-state index contributed by atoms with van der Waals surface area (Å²) in [4.78, 5) is 23.7. The smallest absolute Gasteiger partial charge is 0.234 e. The Bertz CT molecular complexity index is 1070. The fourth-order valence-electron chi connectivity index (χ4n) is 2.83. The van der Waals surface area contributed by atoms with Crippen molar-refractivity contribution in [2.75, 3.05) is 16.9 Å². The zero-order valence-corrected chi connectivity index (χ0v) is 18.3. The fourth-order valence-corrected chi connectivity index (χ4v) is 3.49. The van der Waals surface area contributed by atoms with Gasteiger partial charge in [0.1, 0.15) is 0 Å². The molecule has 0 aliphatic carbocycles. The normalized spacial score (nSPS) is 11.3. The number of nitrogens with one attached hydrogen (secondary N) is 1. The van der Waals surface area contributed by atoms with E-state index in [0.29, 0.717) is 22.2 Å². The molecule has 0 saturated heterocycles. The lowest BCUT2D eigenvalue weighted by Crippen LogP contribution is -2.16. The van der Waals surface area contributed by atoms with Crippen LogP contribution in [0.5, 0.6) is 0 Å². The first-order valence-corrected chi connectivity index (χ1v) is 10.5. The molecule has 0 fully saturated rings. The van der Waals surface area contributed by atoms with Crippen LogP contribution in [0, 0.1) is 0 Å². The van der Waals surface area contributed by atoms with Crippen LogP contribution in [0.1, 0.15) is 43.6 Å². The number of anilines is 1. The van der Waals surface area contributed by atoms with Crippen LogP contribution in [0.25, 0.3) is 11.4 Å². The second kappa shape index (κ2) is 8.71. The first kappa shape index (κ1) is 21.6. The highest BCUT2D eigenvalue weighted by atomic mass is 32.2. The SMILES string of the molecule is CC(=O)c1cccc(NC(=O)CSc2nnc(-c3ccc(C(C)(C)C)cc3)n2N)c1. The molecule has 0 aliphatic heterocycles. The first-order valence-electron chi connectivity index (χ1n) is 9.50. The van der Waals surface area contributed by atoms with E-state index < -0.39 is 0 Å². The number of carbonyl (C=O) groups is 2. The highest BCUT2D eigenvalue weighted by Gasteiger charge is 2.16. The molecule has 1 aromatic heterocycles. The molecule has 0 radical (unpaired) electrons. The van der Waals surface area contributed by atoms with Gasteiger partial charge in [0.2, 0.25) is 11.1 Å². The minimum Gasteiger partial charge on any atom is -0.335 e. The number of Topliss-reactive ketones (excluding diaryl/α,β-unsaturated/α-hetero) is 1. The van der Waals surface area contributed by atoms with E-state index in [-0.39, 0.29) is 22.9 Å². The monoisotopic (exact) mass is 423 g/mol. The number of amides is 1. The molecular formula is C22H25N5O2S. The van der Waals surface area contributed by atoms with Crippen molar-refractivity contribution < 1.29 is 9.59 Å². The highest BCUT2D eigenvalue weighted by Crippen LogP contribution is 2.26. The van der Waals surface area contributed by atoms with Gasteiger partial charge in [-0.3, -0.25) is 9.59 Å². The minimum atomic E-state index is -0.222. The van der Waals surface area contributed by atoms with Gasteiger partial charge in [-0.15, -0.1) is 10.2 Å². The van der Waals surface area contributed by atoms with Crippen LogP contribution in [0.3, 0.4) is 0 Å². The Morgan fingerprint density at radius 2 is 1.80 bits per heavy atom. The lowest BCUT2D eigenvalue weighted by atomic mass is 9.87. The van der Waals surface area contributed by atoms with Gasteiger partial charge in [0.25, 0.3) is 0 Å². The summed E-state index contributed by atoms with van der Waals surface area (Å²) in [7, 11) is 0. The predicted octanol–water partition coefficient (Wildman–Crippen LogP) is 3.89. The van der Waals surface area contributed by atoms with Gasteiger partial charge in [0, 0.05) is 16.8 Å². The molecule has 0 spiro atoms. The second-order valence-electron chi connectivity index (χ2n) is 7.98. The van der Waals surface area contributed by atoms with E-state index in [2.05, 4.69) is 48.4 Å². The van der Waals surface area contributed by atoms with Crippen molar-refractivity contribution >= 4 is 29.1 Å². The number of nitrogens with zero attached hydrogens (tertiary/aromatic N) is 3. The number of nitrogen functional groups attached to an aromatic ring is 1. The van der Waals surface area contributed by atoms with Crippen LogP contribution in [-0.4, -0.2) is 32.3 Å². The maximum atomic E-state index is 12.3. The Labute approximate surface area is 180 Å². The molecule has 0 saturated carbocycles. The number of hydrogen-bond acceptors (Lipinski definition) is 6. The zero-order valence-electron chi connectivity index (χ0n) is 17.5. The Kier molecular flexibility index (Phi) is 6.26. The zero-order chi connectivity index (χ0) is 21.9. The molecule has 156 valence electrons.